The average Bonchev–Trinajstić information content (AvgIpc) is 2.64. The molecule has 0 aliphatic carbocycles. The smallest absolute Gasteiger partial charge is 0.404 e. The van der Waals surface area contributed by atoms with E-state index in [9.17, 15) is 19.5 Å². The van der Waals surface area contributed by atoms with Crippen LogP contribution in [0.2, 0.25) is 0 Å². The van der Waals surface area contributed by atoms with Gasteiger partial charge < -0.3 is 41.2 Å². The van der Waals surface area contributed by atoms with E-state index in [1.54, 1.807) is 6.07 Å². The molecule has 3 unspecified atom stereocenters. The first kappa shape index (κ1) is 21.4. The summed E-state index contributed by atoms with van der Waals surface area (Å²) in [5, 5.41) is 21.6. The van der Waals surface area contributed by atoms with Crippen LogP contribution in [0.1, 0.15) is 28.8 Å². The number of nitrogens with one attached hydrogen (secondary N) is 1. The lowest BCUT2D eigenvalue weighted by Crippen LogP contribution is -2.42. The van der Waals surface area contributed by atoms with E-state index in [1.807, 2.05) is 0 Å². The second-order valence-corrected chi connectivity index (χ2v) is 6.12. The van der Waals surface area contributed by atoms with E-state index < -0.39 is 36.5 Å². The zero-order valence-electron chi connectivity index (χ0n) is 15.0. The number of ether oxygens (including phenoxy) is 3. The van der Waals surface area contributed by atoms with Gasteiger partial charge in [-0.05, 0) is 17.7 Å². The molecule has 28 heavy (non-hydrogen) atoms. The molecule has 0 aromatic heterocycles. The first-order valence-corrected chi connectivity index (χ1v) is 8.56. The zero-order valence-corrected chi connectivity index (χ0v) is 15.0. The number of carbonyl (C=O) groups is 3. The average molecular weight is 397 g/mol. The van der Waals surface area contributed by atoms with Crippen LogP contribution in [0.25, 0.3) is 0 Å². The number of benzene rings is 1. The van der Waals surface area contributed by atoms with Crippen molar-refractivity contribution in [3.63, 3.8) is 0 Å². The molecule has 1 heterocycles. The minimum absolute atomic E-state index is 0.0418. The Morgan fingerprint density at radius 3 is 2.68 bits per heavy atom. The van der Waals surface area contributed by atoms with Gasteiger partial charge in [-0.3, -0.25) is 4.79 Å². The fourth-order valence-electron chi connectivity index (χ4n) is 2.62. The van der Waals surface area contributed by atoms with Crippen LogP contribution in [0.3, 0.4) is 0 Å². The van der Waals surface area contributed by atoms with Crippen LogP contribution in [0.15, 0.2) is 18.2 Å². The molecule has 1 fully saturated rings. The molecule has 0 saturated carbocycles. The molecular formula is C17H23N3O8. The van der Waals surface area contributed by atoms with Crippen molar-refractivity contribution in [3.8, 4) is 5.75 Å². The Kier molecular flexibility index (Phi) is 7.55. The summed E-state index contributed by atoms with van der Waals surface area (Å²) in [5.74, 6) is -1.60. The summed E-state index contributed by atoms with van der Waals surface area (Å²) < 4.78 is 15.7. The van der Waals surface area contributed by atoms with Gasteiger partial charge in [0.1, 0.15) is 12.4 Å². The van der Waals surface area contributed by atoms with E-state index in [-0.39, 0.29) is 43.9 Å². The van der Waals surface area contributed by atoms with Crippen LogP contribution in [-0.2, 0) is 20.9 Å². The number of hydrogen-bond donors (Lipinski definition) is 5. The lowest BCUT2D eigenvalue weighted by molar-refractivity contribution is -0.195. The first-order valence-electron chi connectivity index (χ1n) is 8.56. The second kappa shape index (κ2) is 9.88. The highest BCUT2D eigenvalue weighted by Crippen LogP contribution is 2.27. The lowest BCUT2D eigenvalue weighted by atomic mass is 10.0. The van der Waals surface area contributed by atoms with Crippen molar-refractivity contribution in [1.82, 2.24) is 5.32 Å². The first-order chi connectivity index (χ1) is 13.3. The van der Waals surface area contributed by atoms with Crippen molar-refractivity contribution >= 4 is 18.0 Å². The highest BCUT2D eigenvalue weighted by Gasteiger charge is 2.34. The van der Waals surface area contributed by atoms with Gasteiger partial charge in [-0.2, -0.15) is 0 Å². The second-order valence-electron chi connectivity index (χ2n) is 6.12. The summed E-state index contributed by atoms with van der Waals surface area (Å²) in [7, 11) is 0. The number of carbonyl (C=O) groups excluding carboxylic acids is 2. The lowest BCUT2D eigenvalue weighted by Gasteiger charge is -2.31. The number of aliphatic hydroxyl groups is 1. The van der Waals surface area contributed by atoms with Gasteiger partial charge in [0.2, 0.25) is 6.29 Å². The monoisotopic (exact) mass is 397 g/mol. The molecule has 1 aromatic rings. The molecule has 2 amide bonds. The van der Waals surface area contributed by atoms with Gasteiger partial charge in [0.15, 0.2) is 6.10 Å². The quantitative estimate of drug-likeness (QED) is 0.378. The van der Waals surface area contributed by atoms with Crippen LogP contribution >= 0.6 is 0 Å². The molecule has 0 spiro atoms. The summed E-state index contributed by atoms with van der Waals surface area (Å²) in [5.41, 5.74) is 10.9. The predicted molar refractivity (Wildman–Crippen MR) is 94.4 cm³/mol. The van der Waals surface area contributed by atoms with Gasteiger partial charge in [0.05, 0.1) is 11.7 Å². The van der Waals surface area contributed by atoms with Crippen molar-refractivity contribution in [3.05, 3.63) is 29.3 Å². The van der Waals surface area contributed by atoms with Gasteiger partial charge in [-0.1, -0.05) is 6.07 Å². The normalized spacial score (nSPS) is 21.6. The summed E-state index contributed by atoms with van der Waals surface area (Å²) in [6, 6.07) is 4.45. The molecule has 11 heteroatoms. The van der Waals surface area contributed by atoms with Crippen molar-refractivity contribution in [2.45, 2.75) is 37.9 Å². The van der Waals surface area contributed by atoms with Crippen LogP contribution in [0, 0.1) is 0 Å². The van der Waals surface area contributed by atoms with E-state index in [0.717, 1.165) is 0 Å². The summed E-state index contributed by atoms with van der Waals surface area (Å²) >= 11 is 0. The van der Waals surface area contributed by atoms with Gasteiger partial charge in [-0.15, -0.1) is 0 Å². The highest BCUT2D eigenvalue weighted by molar-refractivity contribution is 5.97. The third-order valence-corrected chi connectivity index (χ3v) is 3.90. The number of carboxylic acids is 1. The molecule has 1 aromatic carbocycles. The third-order valence-electron chi connectivity index (χ3n) is 3.90. The number of primary amides is 1. The molecule has 0 bridgehead atoms. The Hall–Kier alpha value is -2.89. The molecule has 1 aliphatic heterocycles. The molecule has 11 nitrogen and oxygen atoms in total. The Labute approximate surface area is 160 Å². The van der Waals surface area contributed by atoms with Crippen LogP contribution in [0.4, 0.5) is 4.79 Å². The minimum Gasteiger partial charge on any atom is -0.479 e. The summed E-state index contributed by atoms with van der Waals surface area (Å²) in [6.07, 6.45) is -4.16. The number of aliphatic hydroxyl groups excluding tert-OH is 1. The predicted octanol–water partition coefficient (Wildman–Crippen LogP) is -0.700. The standard InChI is InChI=1S/C17H23N3O8/c18-3-4-20-15(22)11-5-9(8-26-17(19)25)1-2-12(11)27-14-7-10(21)6-13(28-14)16(23)24/h1-2,5,10,13-14,21H,3-4,6-8,18H2,(H2,19,25)(H,20,22)(H,23,24). The molecule has 154 valence electrons. The van der Waals surface area contributed by atoms with E-state index in [1.165, 1.54) is 12.1 Å². The molecule has 1 aliphatic rings. The van der Waals surface area contributed by atoms with Gasteiger partial charge >= 0.3 is 12.1 Å². The molecule has 0 radical (unpaired) electrons. The number of hydrogen-bond acceptors (Lipinski definition) is 8. The largest absolute Gasteiger partial charge is 0.479 e. The fraction of sp³-hybridized carbons (Fsp3) is 0.471. The Bertz CT molecular complexity index is 726. The van der Waals surface area contributed by atoms with E-state index in [0.29, 0.717) is 5.56 Å². The van der Waals surface area contributed by atoms with Crippen molar-refractivity contribution in [2.24, 2.45) is 11.5 Å². The van der Waals surface area contributed by atoms with Gasteiger partial charge in [-0.25, -0.2) is 9.59 Å². The maximum Gasteiger partial charge on any atom is 0.404 e. The molecule has 2 rings (SSSR count). The van der Waals surface area contributed by atoms with Crippen molar-refractivity contribution in [2.75, 3.05) is 13.1 Å². The number of nitrogens with two attached hydrogens (primary N) is 2. The number of amides is 2. The highest BCUT2D eigenvalue weighted by atomic mass is 16.7. The topological polar surface area (TPSA) is 183 Å². The Morgan fingerprint density at radius 1 is 1.29 bits per heavy atom. The third kappa shape index (κ3) is 6.08. The number of rotatable bonds is 8. The van der Waals surface area contributed by atoms with E-state index in [2.05, 4.69) is 5.32 Å². The minimum atomic E-state index is -1.22. The zero-order chi connectivity index (χ0) is 20.7. The maximum atomic E-state index is 12.4. The van der Waals surface area contributed by atoms with Gasteiger partial charge in [0.25, 0.3) is 5.91 Å². The molecule has 3 atom stereocenters. The van der Waals surface area contributed by atoms with Crippen LogP contribution in [-0.4, -0.2) is 59.8 Å². The van der Waals surface area contributed by atoms with E-state index in [4.69, 9.17) is 30.8 Å². The molecular weight excluding hydrogens is 374 g/mol. The Morgan fingerprint density at radius 2 is 2.04 bits per heavy atom. The number of carboxylic acid groups (broad SMARTS) is 1. The fourth-order valence-corrected chi connectivity index (χ4v) is 2.62. The van der Waals surface area contributed by atoms with Gasteiger partial charge in [0, 0.05) is 25.9 Å². The SMILES string of the molecule is NCCNC(=O)c1cc(COC(N)=O)ccc1OC1CC(O)CC(C(=O)O)O1. The Balaban J connectivity index is 2.21. The number of aliphatic carboxylic acids is 1. The van der Waals surface area contributed by atoms with Crippen LogP contribution in [0.5, 0.6) is 5.75 Å². The molecule has 1 saturated heterocycles. The van der Waals surface area contributed by atoms with E-state index >= 15 is 0 Å². The summed E-state index contributed by atoms with van der Waals surface area (Å²) in [4.78, 5) is 34.3. The van der Waals surface area contributed by atoms with Crippen LogP contribution < -0.4 is 21.5 Å². The van der Waals surface area contributed by atoms with Crippen molar-refractivity contribution < 1.29 is 38.8 Å². The molecule has 7 N–H and O–H groups in total. The summed E-state index contributed by atoms with van der Waals surface area (Å²) in [6.45, 7) is 0.303. The van der Waals surface area contributed by atoms with Crippen molar-refractivity contribution in [1.29, 1.82) is 0 Å². The maximum absolute atomic E-state index is 12.4.